The molecule has 1 aliphatic heterocycles. The zero-order chi connectivity index (χ0) is 27.2. The quantitative estimate of drug-likeness (QED) is 0.451. The summed E-state index contributed by atoms with van der Waals surface area (Å²) in [4.78, 5) is 30.8. The summed E-state index contributed by atoms with van der Waals surface area (Å²) in [6, 6.07) is 22.0. The molecule has 2 aliphatic rings. The fourth-order valence-corrected chi connectivity index (χ4v) is 5.26. The number of carbonyl (C=O) groups excluding carboxylic acids is 2. The summed E-state index contributed by atoms with van der Waals surface area (Å²) in [5.74, 6) is 0.258. The molecule has 7 nitrogen and oxygen atoms in total. The van der Waals surface area contributed by atoms with E-state index in [1.165, 1.54) is 16.8 Å². The first kappa shape index (κ1) is 26.4. The van der Waals surface area contributed by atoms with Crippen molar-refractivity contribution in [1.82, 2.24) is 15.5 Å². The van der Waals surface area contributed by atoms with Crippen molar-refractivity contribution in [3.63, 3.8) is 0 Å². The number of aryl methyl sites for hydroxylation is 2. The Morgan fingerprint density at radius 1 is 0.897 bits per heavy atom. The molecule has 2 amide bonds. The van der Waals surface area contributed by atoms with Gasteiger partial charge in [-0.05, 0) is 55.7 Å². The number of hydrogen-bond acceptors (Lipinski definition) is 5. The number of amides is 2. The van der Waals surface area contributed by atoms with Gasteiger partial charge in [0, 0.05) is 50.5 Å². The number of hydrogen-bond donors (Lipinski definition) is 2. The number of nitrogens with one attached hydrogen (secondary N) is 2. The molecule has 202 valence electrons. The van der Waals surface area contributed by atoms with E-state index in [1.54, 1.807) is 12.1 Å². The number of anilines is 1. The van der Waals surface area contributed by atoms with Crippen molar-refractivity contribution in [2.45, 2.75) is 26.7 Å². The third kappa shape index (κ3) is 6.42. The number of rotatable bonds is 8. The minimum atomic E-state index is -0.355. The highest BCUT2D eigenvalue weighted by molar-refractivity contribution is 5.93. The highest BCUT2D eigenvalue weighted by Gasteiger charge is 2.28. The van der Waals surface area contributed by atoms with Crippen molar-refractivity contribution < 1.29 is 14.0 Å². The Hall–Kier alpha value is -4.26. The second kappa shape index (κ2) is 12.1. The molecule has 5 rings (SSSR count). The van der Waals surface area contributed by atoms with E-state index >= 15 is 0 Å². The van der Waals surface area contributed by atoms with Crippen LogP contribution in [0.15, 0.2) is 94.7 Å². The Kier molecular flexibility index (Phi) is 8.16. The lowest BCUT2D eigenvalue weighted by molar-refractivity contribution is -0.123. The summed E-state index contributed by atoms with van der Waals surface area (Å²) in [7, 11) is 0. The molecule has 1 aliphatic carbocycles. The maximum Gasteiger partial charge on any atom is 0.291 e. The average Bonchev–Trinajstić information content (AvgIpc) is 3.40. The lowest BCUT2D eigenvalue weighted by Crippen LogP contribution is -2.47. The van der Waals surface area contributed by atoms with Crippen molar-refractivity contribution in [1.29, 1.82) is 0 Å². The molecule has 1 aromatic heterocycles. The summed E-state index contributed by atoms with van der Waals surface area (Å²) in [6.45, 7) is 7.92. The zero-order valence-electron chi connectivity index (χ0n) is 22.7. The molecular weight excluding hydrogens is 488 g/mol. The number of nitrogens with zero attached hydrogens (tertiary/aromatic N) is 2. The first-order chi connectivity index (χ1) is 19.0. The van der Waals surface area contributed by atoms with E-state index in [2.05, 4.69) is 63.8 Å². The first-order valence-corrected chi connectivity index (χ1v) is 13.6. The number of allylic oxidation sites excluding steroid dienone is 2. The van der Waals surface area contributed by atoms with E-state index in [1.807, 2.05) is 37.3 Å². The molecule has 0 radical (unpaired) electrons. The highest BCUT2D eigenvalue weighted by Crippen LogP contribution is 2.28. The molecular formula is C32H36N4O3. The Balaban J connectivity index is 1.28. The molecule has 1 unspecified atom stereocenters. The van der Waals surface area contributed by atoms with Crippen LogP contribution in [-0.2, 0) is 11.2 Å². The molecule has 7 heteroatoms. The largest absolute Gasteiger partial charge is 0.456 e. The maximum atomic E-state index is 13.1. The molecule has 2 aromatic carbocycles. The Bertz CT molecular complexity index is 1370. The lowest BCUT2D eigenvalue weighted by Gasteiger charge is -2.40. The smallest absolute Gasteiger partial charge is 0.291 e. The van der Waals surface area contributed by atoms with E-state index in [4.69, 9.17) is 4.42 Å². The van der Waals surface area contributed by atoms with Crippen LogP contribution in [0.25, 0.3) is 0 Å². The minimum Gasteiger partial charge on any atom is -0.456 e. The fourth-order valence-electron chi connectivity index (χ4n) is 5.26. The van der Waals surface area contributed by atoms with Gasteiger partial charge in [0.2, 0.25) is 5.91 Å². The normalized spacial score (nSPS) is 17.3. The van der Waals surface area contributed by atoms with Crippen LogP contribution in [0.2, 0.25) is 0 Å². The Morgan fingerprint density at radius 2 is 1.62 bits per heavy atom. The van der Waals surface area contributed by atoms with Crippen LogP contribution in [0.3, 0.4) is 0 Å². The van der Waals surface area contributed by atoms with Gasteiger partial charge in [0.1, 0.15) is 5.76 Å². The number of para-hydroxylation sites is 1. The van der Waals surface area contributed by atoms with Crippen molar-refractivity contribution in [2.75, 3.05) is 37.6 Å². The van der Waals surface area contributed by atoms with Crippen LogP contribution in [0.4, 0.5) is 5.69 Å². The zero-order valence-corrected chi connectivity index (χ0v) is 22.7. The first-order valence-electron chi connectivity index (χ1n) is 13.6. The van der Waals surface area contributed by atoms with Gasteiger partial charge < -0.3 is 24.9 Å². The van der Waals surface area contributed by atoms with E-state index in [-0.39, 0.29) is 23.5 Å². The summed E-state index contributed by atoms with van der Waals surface area (Å²) in [6.07, 6.45) is 5.16. The van der Waals surface area contributed by atoms with Gasteiger partial charge in [0.25, 0.3) is 5.91 Å². The second-order valence-corrected chi connectivity index (χ2v) is 10.2. The predicted octanol–water partition coefficient (Wildman–Crippen LogP) is 4.60. The standard InChI is InChI=1S/C32H36N4O3/c1-23-8-6-7-11-28(23)35-18-20-36(21-19-35)29-14-13-26(31(37)33-17-16-25-9-4-3-5-10-25)22-27(29)34-32(38)30-15-12-24(2)39-30/h3-15,26H,16-22H2,1-2H3,(H,33,37)(H,34,38). The van der Waals surface area contributed by atoms with Crippen molar-refractivity contribution in [2.24, 2.45) is 5.92 Å². The van der Waals surface area contributed by atoms with Gasteiger partial charge in [0.15, 0.2) is 5.76 Å². The topological polar surface area (TPSA) is 77.8 Å². The molecule has 0 bridgehead atoms. The molecule has 2 heterocycles. The molecule has 1 fully saturated rings. The van der Waals surface area contributed by atoms with Crippen molar-refractivity contribution in [3.8, 4) is 0 Å². The number of furan rings is 1. The predicted molar refractivity (Wildman–Crippen MR) is 153 cm³/mol. The highest BCUT2D eigenvalue weighted by atomic mass is 16.3. The molecule has 1 saturated heterocycles. The van der Waals surface area contributed by atoms with Gasteiger partial charge in [-0.25, -0.2) is 0 Å². The van der Waals surface area contributed by atoms with Crippen LogP contribution in [0, 0.1) is 19.8 Å². The van der Waals surface area contributed by atoms with Crippen LogP contribution >= 0.6 is 0 Å². The molecule has 39 heavy (non-hydrogen) atoms. The van der Waals surface area contributed by atoms with Crippen LogP contribution in [0.1, 0.15) is 33.9 Å². The summed E-state index contributed by atoms with van der Waals surface area (Å²) in [5, 5.41) is 6.14. The van der Waals surface area contributed by atoms with E-state index in [0.29, 0.717) is 18.7 Å². The third-order valence-corrected chi connectivity index (χ3v) is 7.42. The van der Waals surface area contributed by atoms with Crippen LogP contribution < -0.4 is 15.5 Å². The maximum absolute atomic E-state index is 13.1. The number of carbonyl (C=O) groups is 2. The van der Waals surface area contributed by atoms with Crippen molar-refractivity contribution in [3.05, 3.63) is 113 Å². The average molecular weight is 525 g/mol. The SMILES string of the molecule is Cc1ccc(C(=O)NC2=C(N3CCN(c4ccccc4C)CC3)C=CC(C(=O)NCCc3ccccc3)C2)o1. The monoisotopic (exact) mass is 524 g/mol. The van der Waals surface area contributed by atoms with Gasteiger partial charge in [-0.3, -0.25) is 9.59 Å². The molecule has 1 atom stereocenters. The summed E-state index contributed by atoms with van der Waals surface area (Å²) in [5.41, 5.74) is 5.43. The lowest BCUT2D eigenvalue weighted by atomic mass is 9.94. The van der Waals surface area contributed by atoms with Gasteiger partial charge >= 0.3 is 0 Å². The molecule has 0 spiro atoms. The van der Waals surface area contributed by atoms with E-state index in [0.717, 1.165) is 44.0 Å². The van der Waals surface area contributed by atoms with E-state index < -0.39 is 0 Å². The van der Waals surface area contributed by atoms with Gasteiger partial charge in [0.05, 0.1) is 11.6 Å². The molecule has 0 saturated carbocycles. The Morgan fingerprint density at radius 3 is 2.33 bits per heavy atom. The Labute approximate surface area is 230 Å². The number of piperazine rings is 1. The van der Waals surface area contributed by atoms with Crippen molar-refractivity contribution >= 4 is 17.5 Å². The molecule has 2 N–H and O–H groups in total. The summed E-state index contributed by atoms with van der Waals surface area (Å²) >= 11 is 0. The second-order valence-electron chi connectivity index (χ2n) is 10.2. The number of benzene rings is 2. The molecule has 3 aromatic rings. The van der Waals surface area contributed by atoms with Crippen LogP contribution in [-0.4, -0.2) is 49.4 Å². The third-order valence-electron chi connectivity index (χ3n) is 7.42. The minimum absolute atomic E-state index is 0.0359. The van der Waals surface area contributed by atoms with Gasteiger partial charge in [-0.2, -0.15) is 0 Å². The fraction of sp³-hybridized carbons (Fsp3) is 0.312. The van der Waals surface area contributed by atoms with Gasteiger partial charge in [-0.15, -0.1) is 0 Å². The van der Waals surface area contributed by atoms with Crippen LogP contribution in [0.5, 0.6) is 0 Å². The van der Waals surface area contributed by atoms with E-state index in [9.17, 15) is 9.59 Å². The van der Waals surface area contributed by atoms with Gasteiger partial charge in [-0.1, -0.05) is 54.6 Å². The summed E-state index contributed by atoms with van der Waals surface area (Å²) < 4.78 is 5.56.